The quantitative estimate of drug-likeness (QED) is 0.0984. The number of nitrogens with two attached hydrogens (primary N) is 1. The lowest BCUT2D eigenvalue weighted by Crippen LogP contribution is -2.71. The molecule has 1 saturated heterocycles. The molecule has 0 aliphatic carbocycles. The number of hydrogen-bond acceptors (Lipinski definition) is 12. The number of nitrogens with one attached hydrogen (secondary N) is 1. The van der Waals surface area contributed by atoms with Gasteiger partial charge in [-0.05, 0) is 12.1 Å². The van der Waals surface area contributed by atoms with E-state index in [0.717, 1.165) is 16.4 Å². The molecule has 0 bridgehead atoms. The van der Waals surface area contributed by atoms with Crippen LogP contribution in [0.1, 0.15) is 5.69 Å². The third kappa shape index (κ3) is 4.80. The van der Waals surface area contributed by atoms with E-state index >= 15 is 0 Å². The van der Waals surface area contributed by atoms with E-state index in [2.05, 4.69) is 20.4 Å². The van der Waals surface area contributed by atoms with Gasteiger partial charge in [0, 0.05) is 27.3 Å². The van der Waals surface area contributed by atoms with E-state index in [1.165, 1.54) is 45.6 Å². The van der Waals surface area contributed by atoms with Crippen LogP contribution in [0.5, 0.6) is 0 Å². The van der Waals surface area contributed by atoms with Crippen LogP contribution in [-0.4, -0.2) is 70.9 Å². The van der Waals surface area contributed by atoms with Gasteiger partial charge in [0.15, 0.2) is 10.8 Å². The number of anilines is 1. The molecule has 2 amide bonds. The van der Waals surface area contributed by atoms with Crippen LogP contribution >= 0.6 is 46.6 Å². The van der Waals surface area contributed by atoms with Crippen molar-refractivity contribution in [2.45, 2.75) is 16.4 Å². The monoisotopic (exact) mass is 524 g/mol. The number of oxime groups is 1. The fourth-order valence-electron chi connectivity index (χ4n) is 3.11. The van der Waals surface area contributed by atoms with Crippen molar-refractivity contribution in [3.8, 4) is 0 Å². The number of amides is 2. The molecule has 11 nitrogen and oxygen atoms in total. The molecule has 2 aromatic heterocycles. The Balaban J connectivity index is 1.44. The van der Waals surface area contributed by atoms with Crippen molar-refractivity contribution < 1.29 is 24.7 Å². The number of carbonyl (C=O) groups is 3. The maximum absolute atomic E-state index is 12.8. The minimum Gasteiger partial charge on any atom is -0.477 e. The highest BCUT2D eigenvalue weighted by Gasteiger charge is 2.54. The van der Waals surface area contributed by atoms with Gasteiger partial charge in [0.2, 0.25) is 0 Å². The zero-order valence-electron chi connectivity index (χ0n) is 16.6. The summed E-state index contributed by atoms with van der Waals surface area (Å²) in [5.74, 6) is -2.20. The van der Waals surface area contributed by atoms with Crippen molar-refractivity contribution in [1.29, 1.82) is 0 Å². The number of aliphatic carboxylic acids is 1. The molecule has 0 spiro atoms. The summed E-state index contributed by atoms with van der Waals surface area (Å²) in [6, 6.07) is 4.58. The summed E-state index contributed by atoms with van der Waals surface area (Å²) >= 11 is 5.23. The van der Waals surface area contributed by atoms with Gasteiger partial charge in [0.25, 0.3) is 11.8 Å². The zero-order chi connectivity index (χ0) is 23.5. The number of hydrogen-bond donors (Lipinski definition) is 4. The van der Waals surface area contributed by atoms with Gasteiger partial charge in [0.05, 0.1) is 5.03 Å². The molecule has 15 heteroatoms. The molecule has 0 radical (unpaired) electrons. The van der Waals surface area contributed by atoms with E-state index in [-0.39, 0.29) is 22.2 Å². The number of aromatic nitrogens is 2. The zero-order valence-corrected chi connectivity index (χ0v) is 19.8. The summed E-state index contributed by atoms with van der Waals surface area (Å²) < 4.78 is 0. The van der Waals surface area contributed by atoms with Gasteiger partial charge in [-0.15, -0.1) is 34.9 Å². The van der Waals surface area contributed by atoms with E-state index < -0.39 is 29.2 Å². The number of nitrogens with zero attached hydrogens (tertiary/aromatic N) is 4. The van der Waals surface area contributed by atoms with Gasteiger partial charge >= 0.3 is 5.97 Å². The Hall–Kier alpha value is -2.75. The lowest BCUT2D eigenvalue weighted by Gasteiger charge is -2.49. The molecule has 0 saturated carbocycles. The summed E-state index contributed by atoms with van der Waals surface area (Å²) in [5.41, 5.74) is 5.17. The molecule has 2 aromatic rings. The molecule has 4 rings (SSSR count). The van der Waals surface area contributed by atoms with Crippen molar-refractivity contribution >= 4 is 75.2 Å². The first kappa shape index (κ1) is 23.4. The van der Waals surface area contributed by atoms with Gasteiger partial charge in [-0.25, -0.2) is 14.8 Å². The molecule has 0 unspecified atom stereocenters. The van der Waals surface area contributed by atoms with Crippen LogP contribution in [0.3, 0.4) is 0 Å². The Labute approximate surface area is 203 Å². The van der Waals surface area contributed by atoms with Crippen molar-refractivity contribution in [2.24, 2.45) is 5.16 Å². The van der Waals surface area contributed by atoms with E-state index in [0.29, 0.717) is 15.7 Å². The molecule has 5 N–H and O–H groups in total. The average Bonchev–Trinajstić information content (AvgIpc) is 3.23. The number of carboxylic acids is 1. The second-order valence-electron chi connectivity index (χ2n) is 6.53. The third-order valence-electron chi connectivity index (χ3n) is 4.58. The number of thiazole rings is 1. The first-order valence-electron chi connectivity index (χ1n) is 9.22. The molecular formula is C18H16N6O5S4. The van der Waals surface area contributed by atoms with Crippen molar-refractivity contribution in [3.63, 3.8) is 0 Å². The number of β-lactam (4-membered cyclic amide) rings is 1. The minimum absolute atomic E-state index is 0.0765. The third-order valence-corrected chi connectivity index (χ3v) is 8.88. The second-order valence-corrected chi connectivity index (χ2v) is 11.0. The lowest BCUT2D eigenvalue weighted by atomic mass is 10.0. The number of carbonyl (C=O) groups excluding carboxylic acids is 2. The maximum atomic E-state index is 12.8. The SMILES string of the molecule is Nc1nc(/C(=N\O)C(=O)N[C@@H]2C(=O)N3C(C(=O)O)=C(SCSc4ccccn4)CS[C@H]23)cs1. The highest BCUT2D eigenvalue weighted by Crippen LogP contribution is 2.44. The number of pyridine rings is 1. The van der Waals surface area contributed by atoms with Crippen molar-refractivity contribution in [2.75, 3.05) is 16.6 Å². The lowest BCUT2D eigenvalue weighted by molar-refractivity contribution is -0.150. The minimum atomic E-state index is -1.21. The highest BCUT2D eigenvalue weighted by molar-refractivity contribution is 8.18. The molecule has 2 aliphatic heterocycles. The van der Waals surface area contributed by atoms with Crippen LogP contribution in [0.2, 0.25) is 0 Å². The first-order chi connectivity index (χ1) is 15.9. The van der Waals surface area contributed by atoms with E-state index in [9.17, 15) is 24.7 Å². The standard InChI is InChI=1S/C18H16N6O5S4/c19-18-21-8(5-31-18)11(23-29)14(25)22-12-15(26)24-13(17(27)28)9(6-30-16(12)24)32-7-33-10-3-1-2-4-20-10/h1-5,12,16,29H,6-7H2,(H2,19,21)(H,22,25)(H,27,28)/b23-11+/t12-,16-/m1/s1. The Morgan fingerprint density at radius 2 is 2.18 bits per heavy atom. The second kappa shape index (κ2) is 10.0. The van der Waals surface area contributed by atoms with E-state index in [4.69, 9.17) is 5.73 Å². The molecule has 1 fully saturated rings. The normalized spacial score (nSPS) is 20.3. The van der Waals surface area contributed by atoms with Crippen molar-refractivity contribution in [1.82, 2.24) is 20.2 Å². The van der Waals surface area contributed by atoms with Gasteiger partial charge in [-0.3, -0.25) is 14.5 Å². The van der Waals surface area contributed by atoms with Gasteiger partial charge < -0.3 is 21.4 Å². The first-order valence-corrected chi connectivity index (χ1v) is 13.1. The number of rotatable bonds is 8. The smallest absolute Gasteiger partial charge is 0.353 e. The molecule has 33 heavy (non-hydrogen) atoms. The van der Waals surface area contributed by atoms with Gasteiger partial charge in [-0.2, -0.15) is 0 Å². The van der Waals surface area contributed by atoms with E-state index in [1.54, 1.807) is 6.20 Å². The highest BCUT2D eigenvalue weighted by atomic mass is 32.2. The van der Waals surface area contributed by atoms with Crippen LogP contribution < -0.4 is 11.1 Å². The number of thioether (sulfide) groups is 3. The van der Waals surface area contributed by atoms with Crippen LogP contribution in [0.15, 0.2) is 50.6 Å². The van der Waals surface area contributed by atoms with E-state index in [1.807, 2.05) is 18.2 Å². The Bertz CT molecular complexity index is 1150. The van der Waals surface area contributed by atoms with Crippen LogP contribution in [0, 0.1) is 0 Å². The summed E-state index contributed by atoms with van der Waals surface area (Å²) in [7, 11) is 0. The molecule has 4 heterocycles. The van der Waals surface area contributed by atoms with Crippen LogP contribution in [0.25, 0.3) is 0 Å². The molecular weight excluding hydrogens is 509 g/mol. The number of fused-ring (bicyclic) bond motifs is 1. The summed E-state index contributed by atoms with van der Waals surface area (Å²) in [5, 5.41) is 26.9. The molecule has 172 valence electrons. The van der Waals surface area contributed by atoms with Gasteiger partial charge in [0.1, 0.15) is 22.8 Å². The Morgan fingerprint density at radius 3 is 2.82 bits per heavy atom. The fraction of sp³-hybridized carbons (Fsp3) is 0.222. The summed E-state index contributed by atoms with van der Waals surface area (Å²) in [4.78, 5) is 47.2. The Morgan fingerprint density at radius 1 is 1.36 bits per heavy atom. The van der Waals surface area contributed by atoms with Crippen molar-refractivity contribution in [3.05, 3.63) is 46.1 Å². The summed E-state index contributed by atoms with van der Waals surface area (Å²) in [6.07, 6.45) is 1.68. The largest absolute Gasteiger partial charge is 0.477 e. The topological polar surface area (TPSA) is 171 Å². The molecule has 0 aromatic carbocycles. The number of nitrogen functional groups attached to an aromatic ring is 1. The molecule has 2 atom stereocenters. The number of carboxylic acid groups (broad SMARTS) is 1. The van der Waals surface area contributed by atoms with Crippen LogP contribution in [0.4, 0.5) is 5.13 Å². The fourth-order valence-corrected chi connectivity index (χ4v) is 7.31. The molecule has 2 aliphatic rings. The average molecular weight is 525 g/mol. The summed E-state index contributed by atoms with van der Waals surface area (Å²) in [6.45, 7) is 0. The predicted octanol–water partition coefficient (Wildman–Crippen LogP) is 1.48. The van der Waals surface area contributed by atoms with Gasteiger partial charge in [-0.1, -0.05) is 23.0 Å². The predicted molar refractivity (Wildman–Crippen MR) is 127 cm³/mol. The maximum Gasteiger partial charge on any atom is 0.353 e. The van der Waals surface area contributed by atoms with Crippen LogP contribution in [-0.2, 0) is 14.4 Å². The Kier molecular flexibility index (Phi) is 7.11.